The molecule has 1 N–H and O–H groups in total. The van der Waals surface area contributed by atoms with Gasteiger partial charge in [0.15, 0.2) is 0 Å². The van der Waals surface area contributed by atoms with Gasteiger partial charge in [-0.3, -0.25) is 4.79 Å². The van der Waals surface area contributed by atoms with E-state index in [1.165, 1.54) is 23.5 Å². The Labute approximate surface area is 186 Å². The Kier molecular flexibility index (Phi) is 7.26. The quantitative estimate of drug-likeness (QED) is 0.657. The van der Waals surface area contributed by atoms with Crippen LogP contribution in [0.3, 0.4) is 0 Å². The van der Waals surface area contributed by atoms with Crippen molar-refractivity contribution in [1.82, 2.24) is 4.31 Å². The Bertz CT molecular complexity index is 1110. The van der Waals surface area contributed by atoms with E-state index >= 15 is 0 Å². The van der Waals surface area contributed by atoms with Crippen molar-refractivity contribution in [3.8, 4) is 0 Å². The van der Waals surface area contributed by atoms with Gasteiger partial charge in [-0.1, -0.05) is 18.2 Å². The first-order valence-corrected chi connectivity index (χ1v) is 11.4. The number of sulfonamides is 1. The summed E-state index contributed by atoms with van der Waals surface area (Å²) >= 11 is 0. The normalized spacial score (nSPS) is 15.1. The van der Waals surface area contributed by atoms with Gasteiger partial charge in [0.1, 0.15) is 0 Å². The van der Waals surface area contributed by atoms with Crippen molar-refractivity contribution in [3.63, 3.8) is 0 Å². The van der Waals surface area contributed by atoms with E-state index < -0.39 is 22.0 Å². The molecule has 9 nitrogen and oxygen atoms in total. The second-order valence-electron chi connectivity index (χ2n) is 7.23. The van der Waals surface area contributed by atoms with Gasteiger partial charge in [0.2, 0.25) is 15.9 Å². The molecule has 0 aromatic heterocycles. The lowest BCUT2D eigenvalue weighted by Gasteiger charge is -2.31. The predicted octanol–water partition coefficient (Wildman–Crippen LogP) is 2.30. The topological polar surface area (TPSA) is 119 Å². The first-order valence-electron chi connectivity index (χ1n) is 9.94. The number of nitrogens with one attached hydrogen (secondary N) is 1. The van der Waals surface area contributed by atoms with Crippen LogP contribution in [0.15, 0.2) is 53.4 Å². The highest BCUT2D eigenvalue weighted by molar-refractivity contribution is 7.89. The fourth-order valence-corrected chi connectivity index (χ4v) is 5.20. The molecule has 0 aliphatic carbocycles. The van der Waals surface area contributed by atoms with Crippen LogP contribution in [-0.2, 0) is 24.3 Å². The van der Waals surface area contributed by atoms with Gasteiger partial charge in [-0.15, -0.1) is 0 Å². The van der Waals surface area contributed by atoms with Gasteiger partial charge in [-0.2, -0.15) is 4.31 Å². The van der Waals surface area contributed by atoms with E-state index in [0.29, 0.717) is 18.5 Å². The predicted molar refractivity (Wildman–Crippen MR) is 116 cm³/mol. The Balaban J connectivity index is 1.79. The van der Waals surface area contributed by atoms with Crippen LogP contribution in [0.1, 0.15) is 33.6 Å². The monoisotopic (exact) mass is 460 g/mol. The van der Waals surface area contributed by atoms with Crippen molar-refractivity contribution in [2.75, 3.05) is 32.6 Å². The van der Waals surface area contributed by atoms with Crippen LogP contribution in [0, 0.1) is 5.92 Å². The first-order chi connectivity index (χ1) is 15.3. The number of para-hydroxylation sites is 1. The summed E-state index contributed by atoms with van der Waals surface area (Å²) in [5, 5.41) is 2.84. The molecule has 1 saturated heterocycles. The number of ether oxygens (including phenoxy) is 2. The summed E-state index contributed by atoms with van der Waals surface area (Å²) in [7, 11) is -1.81. The minimum Gasteiger partial charge on any atom is -0.465 e. The number of carbonyl (C=O) groups is 3. The largest absolute Gasteiger partial charge is 0.465 e. The zero-order valence-corrected chi connectivity index (χ0v) is 18.6. The van der Waals surface area contributed by atoms with E-state index in [4.69, 9.17) is 4.74 Å². The lowest BCUT2D eigenvalue weighted by atomic mass is 9.97. The van der Waals surface area contributed by atoms with Crippen molar-refractivity contribution in [1.29, 1.82) is 0 Å². The average molecular weight is 461 g/mol. The summed E-state index contributed by atoms with van der Waals surface area (Å²) in [4.78, 5) is 36.3. The molecule has 0 bridgehead atoms. The maximum Gasteiger partial charge on any atom is 0.339 e. The van der Waals surface area contributed by atoms with Gasteiger partial charge in [0, 0.05) is 24.7 Å². The maximum absolute atomic E-state index is 13.3. The number of carbonyl (C=O) groups excluding carboxylic acids is 3. The molecule has 10 heteroatoms. The van der Waals surface area contributed by atoms with Crippen LogP contribution in [0.25, 0.3) is 0 Å². The molecular weight excluding hydrogens is 436 g/mol. The van der Waals surface area contributed by atoms with Gasteiger partial charge in [-0.25, -0.2) is 18.0 Å². The number of hydrogen-bond donors (Lipinski definition) is 1. The van der Waals surface area contributed by atoms with Crippen LogP contribution in [-0.4, -0.2) is 57.9 Å². The van der Waals surface area contributed by atoms with Crippen LogP contribution in [0.5, 0.6) is 0 Å². The van der Waals surface area contributed by atoms with Gasteiger partial charge in [0.05, 0.1) is 30.2 Å². The minimum atomic E-state index is -4.13. The standard InChI is InChI=1S/C22H24N2O7S/c1-30-21(26)16-8-9-18(22(27)31-2)19(14-16)32(28,29)24-12-10-15(11-13-24)20(25)23-17-6-4-3-5-7-17/h3-9,14-15H,10-13H2,1-2H3,(H,23,25). The van der Waals surface area contributed by atoms with E-state index in [1.807, 2.05) is 18.2 Å². The Morgan fingerprint density at radius 3 is 2.16 bits per heavy atom. The Morgan fingerprint density at radius 2 is 1.56 bits per heavy atom. The van der Waals surface area contributed by atoms with E-state index in [1.54, 1.807) is 12.1 Å². The third-order valence-electron chi connectivity index (χ3n) is 5.29. The number of hydrogen-bond acceptors (Lipinski definition) is 7. The molecule has 1 aliphatic heterocycles. The Hall–Kier alpha value is -3.24. The highest BCUT2D eigenvalue weighted by atomic mass is 32.2. The van der Waals surface area contributed by atoms with Crippen LogP contribution < -0.4 is 5.32 Å². The molecule has 1 heterocycles. The summed E-state index contributed by atoms with van der Waals surface area (Å²) in [5.74, 6) is -2.08. The van der Waals surface area contributed by atoms with Crippen LogP contribution in [0.2, 0.25) is 0 Å². The maximum atomic E-state index is 13.3. The van der Waals surface area contributed by atoms with Crippen molar-refractivity contribution >= 4 is 33.6 Å². The SMILES string of the molecule is COC(=O)c1ccc(C(=O)OC)c(S(=O)(=O)N2CCC(C(=O)Nc3ccccc3)CC2)c1. The first kappa shape index (κ1) is 23.4. The minimum absolute atomic E-state index is 0.00384. The highest BCUT2D eigenvalue weighted by Gasteiger charge is 2.35. The Morgan fingerprint density at radius 1 is 0.938 bits per heavy atom. The lowest BCUT2D eigenvalue weighted by Crippen LogP contribution is -2.41. The van der Waals surface area contributed by atoms with Crippen molar-refractivity contribution in [2.24, 2.45) is 5.92 Å². The van der Waals surface area contributed by atoms with E-state index in [-0.39, 0.29) is 40.9 Å². The number of nitrogens with zero attached hydrogens (tertiary/aromatic N) is 1. The van der Waals surface area contributed by atoms with E-state index in [2.05, 4.69) is 10.1 Å². The second-order valence-corrected chi connectivity index (χ2v) is 9.13. The molecule has 1 amide bonds. The van der Waals surface area contributed by atoms with Crippen molar-refractivity contribution in [3.05, 3.63) is 59.7 Å². The molecule has 0 radical (unpaired) electrons. The summed E-state index contributed by atoms with van der Waals surface area (Å²) in [6.45, 7) is 0.191. The van der Waals surface area contributed by atoms with Gasteiger partial charge in [0.25, 0.3) is 0 Å². The number of methoxy groups -OCH3 is 2. The molecule has 0 saturated carbocycles. The van der Waals surface area contributed by atoms with Crippen molar-refractivity contribution < 1.29 is 32.3 Å². The fourth-order valence-electron chi connectivity index (χ4n) is 3.52. The van der Waals surface area contributed by atoms with Crippen molar-refractivity contribution in [2.45, 2.75) is 17.7 Å². The molecular formula is C22H24N2O7S. The van der Waals surface area contributed by atoms with Gasteiger partial charge >= 0.3 is 11.9 Å². The third kappa shape index (κ3) is 4.97. The molecule has 0 unspecified atom stereocenters. The molecule has 170 valence electrons. The fraction of sp³-hybridized carbons (Fsp3) is 0.318. The smallest absolute Gasteiger partial charge is 0.339 e. The molecule has 2 aromatic carbocycles. The van der Waals surface area contributed by atoms with Gasteiger partial charge < -0.3 is 14.8 Å². The molecule has 1 aliphatic rings. The molecule has 3 rings (SSSR count). The summed E-state index contributed by atoms with van der Waals surface area (Å²) in [5.41, 5.74) is 0.495. The third-order valence-corrected chi connectivity index (χ3v) is 7.23. The highest BCUT2D eigenvalue weighted by Crippen LogP contribution is 2.28. The van der Waals surface area contributed by atoms with Crippen LogP contribution in [0.4, 0.5) is 5.69 Å². The summed E-state index contributed by atoms with van der Waals surface area (Å²) < 4.78 is 37.2. The molecule has 0 atom stereocenters. The zero-order chi connectivity index (χ0) is 23.3. The number of amides is 1. The molecule has 0 spiro atoms. The molecule has 2 aromatic rings. The zero-order valence-electron chi connectivity index (χ0n) is 17.7. The summed E-state index contributed by atoms with van der Waals surface area (Å²) in [6, 6.07) is 12.7. The molecule has 1 fully saturated rings. The number of piperidine rings is 1. The van der Waals surface area contributed by atoms with Gasteiger partial charge in [-0.05, 0) is 43.2 Å². The number of esters is 2. The number of benzene rings is 2. The average Bonchev–Trinajstić information content (AvgIpc) is 2.83. The number of rotatable bonds is 6. The van der Waals surface area contributed by atoms with E-state index in [9.17, 15) is 22.8 Å². The number of anilines is 1. The molecule has 32 heavy (non-hydrogen) atoms. The second kappa shape index (κ2) is 9.92. The summed E-state index contributed by atoms with van der Waals surface area (Å²) in [6.07, 6.45) is 0.643. The lowest BCUT2D eigenvalue weighted by molar-refractivity contribution is -0.120. The van der Waals surface area contributed by atoms with E-state index in [0.717, 1.165) is 13.2 Å². The van der Waals surface area contributed by atoms with Crippen LogP contribution >= 0.6 is 0 Å².